The number of rotatable bonds is 3. The van der Waals surface area contributed by atoms with Gasteiger partial charge < -0.3 is 9.15 Å². The van der Waals surface area contributed by atoms with E-state index in [0.717, 1.165) is 28.6 Å². The Balaban J connectivity index is 1.69. The molecular weight excluding hydrogens is 372 g/mol. The number of hydrogen-bond donors (Lipinski definition) is 0. The zero-order valence-corrected chi connectivity index (χ0v) is 14.6. The van der Waals surface area contributed by atoms with Gasteiger partial charge in [0.05, 0.1) is 12.3 Å². The van der Waals surface area contributed by atoms with E-state index < -0.39 is 6.10 Å². The lowest BCUT2D eigenvalue weighted by Gasteiger charge is -2.25. The van der Waals surface area contributed by atoms with Gasteiger partial charge in [-0.2, -0.15) is 5.10 Å². The van der Waals surface area contributed by atoms with Gasteiger partial charge in [0.15, 0.2) is 0 Å². The van der Waals surface area contributed by atoms with Crippen molar-refractivity contribution in [3.63, 3.8) is 0 Å². The summed E-state index contributed by atoms with van der Waals surface area (Å²) in [6.45, 7) is 0.638. The number of furan rings is 1. The second-order valence-electron chi connectivity index (χ2n) is 5.95. The summed E-state index contributed by atoms with van der Waals surface area (Å²) in [4.78, 5) is 12.9. The Morgan fingerprint density at radius 2 is 2.12 bits per heavy atom. The fourth-order valence-corrected chi connectivity index (χ4v) is 3.76. The normalized spacial score (nSPS) is 23.5. The van der Waals surface area contributed by atoms with Crippen molar-refractivity contribution in [3.05, 3.63) is 58.5 Å². The molecule has 0 bridgehead atoms. The molecule has 1 aromatic heterocycles. The molecular formula is C18H17BrN2O3. The molecule has 4 rings (SSSR count). The summed E-state index contributed by atoms with van der Waals surface area (Å²) < 4.78 is 12.0. The molecule has 0 N–H and O–H groups in total. The maximum absolute atomic E-state index is 12.9. The topological polar surface area (TPSA) is 55.0 Å². The van der Waals surface area contributed by atoms with Crippen LogP contribution in [-0.4, -0.2) is 29.3 Å². The van der Waals surface area contributed by atoms with Gasteiger partial charge in [0.25, 0.3) is 5.91 Å². The monoisotopic (exact) mass is 388 g/mol. The minimum absolute atomic E-state index is 0.0743. The SMILES string of the molecule is O=C([C@@H]1CCCO1)N1N=C(c2ccco2)C[C@@H]1c1ccccc1Br. The summed E-state index contributed by atoms with van der Waals surface area (Å²) in [5.74, 6) is 0.629. The highest BCUT2D eigenvalue weighted by Gasteiger charge is 2.39. The standard InChI is InChI=1S/C18H17BrN2O3/c19-13-6-2-1-5-12(13)15-11-14(16-7-3-9-23-16)20-21(15)18(22)17-8-4-10-24-17/h1-3,5-7,9,15,17H,4,8,10-11H2/t15-,17+/m1/s1. The number of carbonyl (C=O) groups excluding carboxylic acids is 1. The molecule has 0 spiro atoms. The maximum Gasteiger partial charge on any atom is 0.272 e. The third-order valence-electron chi connectivity index (χ3n) is 4.41. The molecule has 1 amide bonds. The van der Waals surface area contributed by atoms with Gasteiger partial charge in [0.2, 0.25) is 0 Å². The Labute approximate surface area is 148 Å². The van der Waals surface area contributed by atoms with Crippen molar-refractivity contribution in [1.29, 1.82) is 0 Å². The molecule has 2 atom stereocenters. The van der Waals surface area contributed by atoms with Crippen LogP contribution >= 0.6 is 15.9 Å². The summed E-state index contributed by atoms with van der Waals surface area (Å²) in [7, 11) is 0. The number of amides is 1. The molecule has 5 nitrogen and oxygen atoms in total. The Morgan fingerprint density at radius 1 is 1.25 bits per heavy atom. The number of hydrazone groups is 1. The van der Waals surface area contributed by atoms with Gasteiger partial charge in [0, 0.05) is 17.5 Å². The van der Waals surface area contributed by atoms with E-state index in [1.54, 1.807) is 11.3 Å². The van der Waals surface area contributed by atoms with Crippen LogP contribution in [0.1, 0.15) is 36.6 Å². The Hall–Kier alpha value is -1.92. The number of hydrogen-bond acceptors (Lipinski definition) is 4. The number of carbonyl (C=O) groups is 1. The molecule has 124 valence electrons. The summed E-state index contributed by atoms with van der Waals surface area (Å²) in [5.41, 5.74) is 1.82. The highest BCUT2D eigenvalue weighted by Crippen LogP contribution is 2.37. The molecule has 2 aliphatic rings. The largest absolute Gasteiger partial charge is 0.463 e. The molecule has 1 aromatic carbocycles. The van der Waals surface area contributed by atoms with E-state index in [2.05, 4.69) is 21.0 Å². The van der Waals surface area contributed by atoms with Gasteiger partial charge in [-0.15, -0.1) is 0 Å². The van der Waals surface area contributed by atoms with Crippen LogP contribution in [0.4, 0.5) is 0 Å². The summed E-state index contributed by atoms with van der Waals surface area (Å²) in [6, 6.07) is 11.5. The lowest BCUT2D eigenvalue weighted by Crippen LogP contribution is -2.35. The van der Waals surface area contributed by atoms with Crippen LogP contribution in [0, 0.1) is 0 Å². The van der Waals surface area contributed by atoms with Crippen LogP contribution in [0.3, 0.4) is 0 Å². The van der Waals surface area contributed by atoms with Crippen LogP contribution in [0.25, 0.3) is 0 Å². The number of nitrogens with zero attached hydrogens (tertiary/aromatic N) is 2. The molecule has 3 heterocycles. The summed E-state index contributed by atoms with van der Waals surface area (Å²) in [5, 5.41) is 6.16. The first-order chi connectivity index (χ1) is 11.7. The molecule has 2 aliphatic heterocycles. The van der Waals surface area contributed by atoms with Gasteiger partial charge in [-0.25, -0.2) is 5.01 Å². The maximum atomic E-state index is 12.9. The minimum Gasteiger partial charge on any atom is -0.463 e. The molecule has 1 saturated heterocycles. The Bertz CT molecular complexity index is 766. The van der Waals surface area contributed by atoms with Crippen molar-refractivity contribution < 1.29 is 13.9 Å². The van der Waals surface area contributed by atoms with E-state index in [1.165, 1.54) is 0 Å². The molecule has 0 saturated carbocycles. The number of benzene rings is 1. The highest BCUT2D eigenvalue weighted by molar-refractivity contribution is 9.10. The highest BCUT2D eigenvalue weighted by atomic mass is 79.9. The smallest absolute Gasteiger partial charge is 0.272 e. The van der Waals surface area contributed by atoms with Gasteiger partial charge >= 0.3 is 0 Å². The number of halogens is 1. The summed E-state index contributed by atoms with van der Waals surface area (Å²) >= 11 is 3.59. The molecule has 0 aliphatic carbocycles. The fourth-order valence-electron chi connectivity index (χ4n) is 3.21. The van der Waals surface area contributed by atoms with Gasteiger partial charge in [-0.3, -0.25) is 4.79 Å². The van der Waals surface area contributed by atoms with E-state index in [1.807, 2.05) is 36.4 Å². The van der Waals surface area contributed by atoms with Crippen LogP contribution < -0.4 is 0 Å². The lowest BCUT2D eigenvalue weighted by atomic mass is 10.0. The predicted octanol–water partition coefficient (Wildman–Crippen LogP) is 3.90. The third kappa shape index (κ3) is 2.80. The zero-order chi connectivity index (χ0) is 16.5. The predicted molar refractivity (Wildman–Crippen MR) is 92.6 cm³/mol. The van der Waals surface area contributed by atoms with Crippen molar-refractivity contribution in [2.45, 2.75) is 31.4 Å². The molecule has 6 heteroatoms. The van der Waals surface area contributed by atoms with Crippen molar-refractivity contribution in [3.8, 4) is 0 Å². The average molecular weight is 389 g/mol. The van der Waals surface area contributed by atoms with Crippen molar-refractivity contribution >= 4 is 27.5 Å². The van der Waals surface area contributed by atoms with E-state index in [-0.39, 0.29) is 11.9 Å². The van der Waals surface area contributed by atoms with Crippen molar-refractivity contribution in [2.75, 3.05) is 6.61 Å². The van der Waals surface area contributed by atoms with Gasteiger partial charge in [-0.1, -0.05) is 34.1 Å². The zero-order valence-electron chi connectivity index (χ0n) is 13.0. The van der Waals surface area contributed by atoms with Crippen LogP contribution in [0.15, 0.2) is 56.7 Å². The first-order valence-corrected chi connectivity index (χ1v) is 8.84. The van der Waals surface area contributed by atoms with E-state index >= 15 is 0 Å². The second-order valence-corrected chi connectivity index (χ2v) is 6.80. The van der Waals surface area contributed by atoms with Crippen LogP contribution in [0.5, 0.6) is 0 Å². The fraction of sp³-hybridized carbons (Fsp3) is 0.333. The first kappa shape index (κ1) is 15.6. The van der Waals surface area contributed by atoms with Crippen LogP contribution in [-0.2, 0) is 9.53 Å². The molecule has 0 unspecified atom stereocenters. The third-order valence-corrected chi connectivity index (χ3v) is 5.13. The second kappa shape index (κ2) is 6.53. The minimum atomic E-state index is -0.394. The molecule has 2 aromatic rings. The first-order valence-electron chi connectivity index (χ1n) is 8.04. The quantitative estimate of drug-likeness (QED) is 0.800. The van der Waals surface area contributed by atoms with Gasteiger partial charge in [-0.05, 0) is 36.6 Å². The van der Waals surface area contributed by atoms with E-state index in [9.17, 15) is 4.79 Å². The van der Waals surface area contributed by atoms with Crippen molar-refractivity contribution in [2.24, 2.45) is 5.10 Å². The summed E-state index contributed by atoms with van der Waals surface area (Å²) in [6.07, 6.45) is 3.52. The van der Waals surface area contributed by atoms with E-state index in [4.69, 9.17) is 9.15 Å². The van der Waals surface area contributed by atoms with Gasteiger partial charge in [0.1, 0.15) is 17.6 Å². The molecule has 1 fully saturated rings. The lowest BCUT2D eigenvalue weighted by molar-refractivity contribution is -0.142. The van der Waals surface area contributed by atoms with Crippen molar-refractivity contribution in [1.82, 2.24) is 5.01 Å². The Morgan fingerprint density at radius 3 is 2.83 bits per heavy atom. The Kier molecular flexibility index (Phi) is 4.24. The van der Waals surface area contributed by atoms with Crippen LogP contribution in [0.2, 0.25) is 0 Å². The number of ether oxygens (including phenoxy) is 1. The molecule has 24 heavy (non-hydrogen) atoms. The van der Waals surface area contributed by atoms with E-state index in [0.29, 0.717) is 18.8 Å². The molecule has 0 radical (unpaired) electrons. The average Bonchev–Trinajstić information content (AvgIpc) is 3.34.